The number of fused-ring (bicyclic) bond motifs is 4. The van der Waals surface area contributed by atoms with Gasteiger partial charge < -0.3 is 15.3 Å². The molecule has 3 aliphatic heterocycles. The van der Waals surface area contributed by atoms with E-state index in [0.717, 1.165) is 22.2 Å². The van der Waals surface area contributed by atoms with Crippen LogP contribution in [0.2, 0.25) is 0 Å². The fourth-order valence-corrected chi connectivity index (χ4v) is 4.37. The Morgan fingerprint density at radius 1 is 1.44 bits per heavy atom. The summed E-state index contributed by atoms with van der Waals surface area (Å²) >= 11 is 1.33. The summed E-state index contributed by atoms with van der Waals surface area (Å²) in [4.78, 5) is 23.4. The van der Waals surface area contributed by atoms with Crippen LogP contribution in [0.4, 0.5) is 0 Å². The van der Waals surface area contributed by atoms with Gasteiger partial charge in [-0.25, -0.2) is 0 Å². The van der Waals surface area contributed by atoms with E-state index < -0.39 is 0 Å². The molecule has 0 aliphatic carbocycles. The Balaban J connectivity index is 0.000000569. The molecule has 3 aliphatic rings. The maximum Gasteiger partial charge on any atom is 0.290 e. The monoisotopic (exact) mass is 357 g/mol. The molecular weight excluding hydrogens is 338 g/mol. The van der Waals surface area contributed by atoms with Crippen LogP contribution in [0.15, 0.2) is 18.2 Å². The van der Waals surface area contributed by atoms with Crippen LogP contribution < -0.4 is 5.32 Å². The van der Waals surface area contributed by atoms with Gasteiger partial charge in [0, 0.05) is 23.5 Å². The van der Waals surface area contributed by atoms with E-state index in [-0.39, 0.29) is 18.4 Å². The number of aromatic nitrogens is 1. The van der Waals surface area contributed by atoms with Gasteiger partial charge in [0.1, 0.15) is 5.69 Å². The van der Waals surface area contributed by atoms with E-state index in [2.05, 4.69) is 20.5 Å². The van der Waals surface area contributed by atoms with Crippen molar-refractivity contribution in [2.24, 2.45) is 5.92 Å². The summed E-state index contributed by atoms with van der Waals surface area (Å²) in [6.45, 7) is 3.07. The van der Waals surface area contributed by atoms with E-state index in [9.17, 15) is 4.79 Å². The van der Waals surface area contributed by atoms with Crippen LogP contribution in [0.1, 0.15) is 28.9 Å². The van der Waals surface area contributed by atoms with Gasteiger partial charge >= 0.3 is 0 Å². The van der Waals surface area contributed by atoms with Crippen molar-refractivity contribution in [1.29, 1.82) is 0 Å². The van der Waals surface area contributed by atoms with Crippen LogP contribution >= 0.6 is 11.5 Å². The molecule has 1 atom stereocenters. The molecule has 5 rings (SSSR count). The van der Waals surface area contributed by atoms with Gasteiger partial charge in [-0.05, 0) is 61.6 Å². The molecular formula is C18H19N3O3S. The fraction of sp³-hybridized carbons (Fsp3) is 0.389. The summed E-state index contributed by atoms with van der Waals surface area (Å²) in [5, 5.41) is 11.0. The lowest BCUT2D eigenvalue weighted by atomic mass is 9.84. The van der Waals surface area contributed by atoms with Gasteiger partial charge in [0.15, 0.2) is 0 Å². The van der Waals surface area contributed by atoms with E-state index in [1.54, 1.807) is 0 Å². The molecule has 1 aromatic carbocycles. The summed E-state index contributed by atoms with van der Waals surface area (Å²) < 4.78 is 5.31. The number of amides is 1. The van der Waals surface area contributed by atoms with Gasteiger partial charge in [-0.15, -0.1) is 6.42 Å². The fourth-order valence-electron chi connectivity index (χ4n) is 3.56. The molecule has 2 bridgehead atoms. The van der Waals surface area contributed by atoms with Crippen molar-refractivity contribution in [3.05, 3.63) is 29.5 Å². The Morgan fingerprint density at radius 2 is 2.16 bits per heavy atom. The molecule has 7 heteroatoms. The number of terminal acetylenes is 1. The minimum atomic E-state index is -0.250. The first-order valence-electron chi connectivity index (χ1n) is 8.13. The first kappa shape index (κ1) is 17.4. The van der Waals surface area contributed by atoms with Crippen LogP contribution in [0.5, 0.6) is 0 Å². The largest absolute Gasteiger partial charge is 0.483 e. The number of hydrogen-bond acceptors (Lipinski definition) is 5. The number of piperidine rings is 3. The molecule has 0 saturated carbocycles. The third-order valence-corrected chi connectivity index (χ3v) is 5.63. The maximum absolute atomic E-state index is 12.6. The van der Waals surface area contributed by atoms with E-state index in [1.807, 2.05) is 18.2 Å². The second-order valence-electron chi connectivity index (χ2n) is 6.21. The molecule has 0 spiro atoms. The van der Waals surface area contributed by atoms with Gasteiger partial charge in [-0.3, -0.25) is 9.59 Å². The highest BCUT2D eigenvalue weighted by Crippen LogP contribution is 2.28. The highest BCUT2D eigenvalue weighted by Gasteiger charge is 2.35. The predicted molar refractivity (Wildman–Crippen MR) is 96.7 cm³/mol. The lowest BCUT2D eigenvalue weighted by Crippen LogP contribution is -2.57. The average molecular weight is 357 g/mol. The Bertz CT molecular complexity index is 819. The van der Waals surface area contributed by atoms with Crippen LogP contribution in [0.25, 0.3) is 10.1 Å². The summed E-state index contributed by atoms with van der Waals surface area (Å²) in [6.07, 6.45) is 7.79. The van der Waals surface area contributed by atoms with Gasteiger partial charge in [0.2, 0.25) is 0 Å². The van der Waals surface area contributed by atoms with E-state index in [1.165, 1.54) is 37.5 Å². The summed E-state index contributed by atoms with van der Waals surface area (Å²) in [7, 11) is 0. The molecule has 0 unspecified atom stereocenters. The molecule has 1 aromatic heterocycles. The molecule has 6 nitrogen and oxygen atoms in total. The van der Waals surface area contributed by atoms with E-state index in [4.69, 9.17) is 16.3 Å². The Labute approximate surface area is 150 Å². The molecule has 3 saturated heterocycles. The van der Waals surface area contributed by atoms with Gasteiger partial charge in [-0.1, -0.05) is 5.92 Å². The zero-order valence-corrected chi connectivity index (χ0v) is 14.5. The molecule has 4 heterocycles. The number of carbonyl (C=O) groups is 2. The number of rotatable bonds is 2. The average Bonchev–Trinajstić information content (AvgIpc) is 3.06. The number of benzene rings is 1. The first-order chi connectivity index (χ1) is 12.2. The Hall–Kier alpha value is -2.43. The quantitative estimate of drug-likeness (QED) is 0.633. The molecule has 25 heavy (non-hydrogen) atoms. The van der Waals surface area contributed by atoms with Crippen LogP contribution in [-0.4, -0.2) is 52.4 Å². The number of hydrogen-bond donors (Lipinski definition) is 2. The minimum absolute atomic E-state index is 0.0570. The van der Waals surface area contributed by atoms with Gasteiger partial charge in [0.05, 0.1) is 4.70 Å². The summed E-state index contributed by atoms with van der Waals surface area (Å²) in [5.74, 6) is 3.17. The maximum atomic E-state index is 12.6. The minimum Gasteiger partial charge on any atom is -0.483 e. The van der Waals surface area contributed by atoms with Crippen LogP contribution in [0.3, 0.4) is 0 Å². The second-order valence-corrected chi connectivity index (χ2v) is 7.01. The van der Waals surface area contributed by atoms with Crippen molar-refractivity contribution in [3.63, 3.8) is 0 Å². The van der Waals surface area contributed by atoms with Gasteiger partial charge in [-0.2, -0.15) is 4.37 Å². The molecule has 1 amide bonds. The second kappa shape index (κ2) is 7.64. The summed E-state index contributed by atoms with van der Waals surface area (Å²) in [6, 6.07) is 5.94. The van der Waals surface area contributed by atoms with Crippen molar-refractivity contribution in [1.82, 2.24) is 14.6 Å². The molecule has 130 valence electrons. The molecule has 3 fully saturated rings. The van der Waals surface area contributed by atoms with Crippen molar-refractivity contribution in [3.8, 4) is 12.3 Å². The molecule has 2 N–H and O–H groups in total. The van der Waals surface area contributed by atoms with Crippen LogP contribution in [0, 0.1) is 18.3 Å². The van der Waals surface area contributed by atoms with Crippen molar-refractivity contribution in [2.75, 3.05) is 19.6 Å². The van der Waals surface area contributed by atoms with Crippen molar-refractivity contribution < 1.29 is 14.7 Å². The van der Waals surface area contributed by atoms with Crippen molar-refractivity contribution >= 4 is 34.0 Å². The topological polar surface area (TPSA) is 82.5 Å². The lowest BCUT2D eigenvalue weighted by molar-refractivity contribution is -0.122. The number of carbonyl (C=O) groups excluding carboxylic acids is 1. The molecule has 2 aromatic rings. The normalized spacial score (nSPS) is 24.0. The lowest BCUT2D eigenvalue weighted by Gasteiger charge is -2.44. The van der Waals surface area contributed by atoms with Gasteiger partial charge in [0.25, 0.3) is 12.4 Å². The standard InChI is InChI=1S/C17H17N3OS.CH2O2/c1-2-11-3-4-13-15(9-11)22-19-16(13)17(21)18-14-10-20-7-5-12(14)6-8-20;2-1-3/h1,3-4,9,12,14H,5-8,10H2,(H,18,21);1H,(H,2,3)/t14-;/m1./s1. The smallest absolute Gasteiger partial charge is 0.290 e. The van der Waals surface area contributed by atoms with Crippen LogP contribution in [-0.2, 0) is 4.79 Å². The number of carboxylic acid groups (broad SMARTS) is 1. The highest BCUT2D eigenvalue weighted by molar-refractivity contribution is 7.13. The zero-order valence-electron chi connectivity index (χ0n) is 13.6. The van der Waals surface area contributed by atoms with E-state index in [0.29, 0.717) is 11.6 Å². The highest BCUT2D eigenvalue weighted by atomic mass is 32.1. The third kappa shape index (κ3) is 3.65. The number of nitrogens with zero attached hydrogens (tertiary/aromatic N) is 2. The van der Waals surface area contributed by atoms with E-state index >= 15 is 0 Å². The van der Waals surface area contributed by atoms with Crippen molar-refractivity contribution in [2.45, 2.75) is 18.9 Å². The summed E-state index contributed by atoms with van der Waals surface area (Å²) in [5.41, 5.74) is 1.35. The third-order valence-electron chi connectivity index (χ3n) is 4.83. The Morgan fingerprint density at radius 3 is 2.76 bits per heavy atom. The Kier molecular flexibility index (Phi) is 5.31. The molecule has 0 radical (unpaired) electrons. The predicted octanol–water partition coefficient (Wildman–Crippen LogP) is 1.80. The number of nitrogens with one attached hydrogen (secondary N) is 1. The SMILES string of the molecule is C#Cc1ccc2c(C(=O)N[C@@H]3CN4CCC3CC4)nsc2c1.O=CO. The zero-order chi connectivity index (χ0) is 17.8. The first-order valence-corrected chi connectivity index (χ1v) is 8.90.